The van der Waals surface area contributed by atoms with Crippen LogP contribution in [-0.4, -0.2) is 40.8 Å². The summed E-state index contributed by atoms with van der Waals surface area (Å²) in [4.78, 5) is 32.9. The highest BCUT2D eigenvalue weighted by molar-refractivity contribution is 6.30. The minimum absolute atomic E-state index is 0.0865. The largest absolute Gasteiger partial charge is 0.489 e. The van der Waals surface area contributed by atoms with Gasteiger partial charge in [0.2, 0.25) is 0 Å². The molecule has 1 N–H and O–H groups in total. The van der Waals surface area contributed by atoms with Gasteiger partial charge in [-0.05, 0) is 47.5 Å². The number of nitrogens with zero attached hydrogens (tertiary/aromatic N) is 3. The van der Waals surface area contributed by atoms with Gasteiger partial charge in [-0.25, -0.2) is 4.79 Å². The minimum atomic E-state index is -0.436. The van der Waals surface area contributed by atoms with Gasteiger partial charge in [0.25, 0.3) is 5.91 Å². The zero-order chi connectivity index (χ0) is 24.9. The summed E-state index contributed by atoms with van der Waals surface area (Å²) in [5.74, 6) is 0.328. The lowest BCUT2D eigenvalue weighted by Gasteiger charge is -2.21. The maximum Gasteiger partial charge on any atom is 0.348 e. The monoisotopic (exact) mass is 502 g/mol. The van der Waals surface area contributed by atoms with Crippen LogP contribution in [0, 0.1) is 0 Å². The standard InChI is InChI=1S/C27H23ClN4O4/c28-21-8-4-7-20(15-21)16-31-13-14-32-24(18-36-27(32)30-26(31)34)25(33)29-22-9-11-23(12-10-22)35-17-19-5-2-1-3-6-19/h1-12,15,18H,13-14,16-17H2,(H,29,33). The second kappa shape index (κ2) is 10.5. The Morgan fingerprint density at radius 1 is 1.00 bits per heavy atom. The molecule has 36 heavy (non-hydrogen) atoms. The van der Waals surface area contributed by atoms with Gasteiger partial charge >= 0.3 is 12.1 Å². The van der Waals surface area contributed by atoms with E-state index >= 15 is 0 Å². The molecule has 3 amide bonds. The summed E-state index contributed by atoms with van der Waals surface area (Å²) in [5.41, 5.74) is 2.84. The lowest BCUT2D eigenvalue weighted by Crippen LogP contribution is -2.36. The second-order valence-electron chi connectivity index (χ2n) is 8.25. The number of amidine groups is 1. The molecule has 0 aromatic heterocycles. The Bertz CT molecular complexity index is 1330. The predicted octanol–water partition coefficient (Wildman–Crippen LogP) is 5.02. The summed E-state index contributed by atoms with van der Waals surface area (Å²) in [7, 11) is 0. The van der Waals surface area contributed by atoms with Gasteiger partial charge in [-0.15, -0.1) is 4.99 Å². The third kappa shape index (κ3) is 5.50. The van der Waals surface area contributed by atoms with Gasteiger partial charge in [0.1, 0.15) is 24.3 Å². The molecule has 0 saturated carbocycles. The molecule has 2 aliphatic rings. The van der Waals surface area contributed by atoms with E-state index in [9.17, 15) is 9.59 Å². The number of carbonyl (C=O) groups is 2. The fourth-order valence-electron chi connectivity index (χ4n) is 3.86. The average Bonchev–Trinajstić information content (AvgIpc) is 3.22. The second-order valence-corrected chi connectivity index (χ2v) is 8.69. The summed E-state index contributed by atoms with van der Waals surface area (Å²) < 4.78 is 11.2. The molecule has 0 radical (unpaired) electrons. The molecule has 0 spiro atoms. The lowest BCUT2D eigenvalue weighted by atomic mass is 10.2. The number of ether oxygens (including phenoxy) is 2. The van der Waals surface area contributed by atoms with Crippen molar-refractivity contribution in [3.8, 4) is 5.75 Å². The maximum atomic E-state index is 13.0. The number of fused-ring (bicyclic) bond motifs is 1. The number of urea groups is 1. The van der Waals surface area contributed by atoms with E-state index < -0.39 is 6.03 Å². The molecule has 3 aromatic carbocycles. The van der Waals surface area contributed by atoms with E-state index in [0.717, 1.165) is 11.1 Å². The number of nitrogens with one attached hydrogen (secondary N) is 1. The van der Waals surface area contributed by atoms with Gasteiger partial charge in [0.15, 0.2) is 0 Å². The highest BCUT2D eigenvalue weighted by Crippen LogP contribution is 2.23. The van der Waals surface area contributed by atoms with Gasteiger partial charge in [0.05, 0.1) is 0 Å². The average molecular weight is 503 g/mol. The van der Waals surface area contributed by atoms with Crippen molar-refractivity contribution in [2.75, 3.05) is 18.4 Å². The molecule has 2 aliphatic heterocycles. The van der Waals surface area contributed by atoms with Crippen molar-refractivity contribution in [3.05, 3.63) is 107 Å². The molecule has 9 heteroatoms. The summed E-state index contributed by atoms with van der Waals surface area (Å²) in [6.07, 6.45) is 1.31. The van der Waals surface area contributed by atoms with Crippen LogP contribution in [0.1, 0.15) is 11.1 Å². The van der Waals surface area contributed by atoms with Crippen LogP contribution in [0.15, 0.2) is 95.8 Å². The van der Waals surface area contributed by atoms with Gasteiger partial charge < -0.3 is 19.7 Å². The topological polar surface area (TPSA) is 83.5 Å². The van der Waals surface area contributed by atoms with Crippen LogP contribution in [0.25, 0.3) is 0 Å². The number of benzene rings is 3. The predicted molar refractivity (Wildman–Crippen MR) is 136 cm³/mol. The van der Waals surface area contributed by atoms with Crippen molar-refractivity contribution >= 4 is 35.2 Å². The van der Waals surface area contributed by atoms with Crippen LogP contribution in [0.3, 0.4) is 0 Å². The zero-order valence-corrected chi connectivity index (χ0v) is 20.0. The van der Waals surface area contributed by atoms with Gasteiger partial charge in [-0.1, -0.05) is 54.1 Å². The molecule has 2 heterocycles. The number of hydrogen-bond donors (Lipinski definition) is 1. The van der Waals surface area contributed by atoms with E-state index in [4.69, 9.17) is 21.1 Å². The van der Waals surface area contributed by atoms with E-state index in [1.54, 1.807) is 46.2 Å². The Labute approximate surface area is 213 Å². The normalized spacial score (nSPS) is 14.9. The summed E-state index contributed by atoms with van der Waals surface area (Å²) >= 11 is 6.06. The fourth-order valence-corrected chi connectivity index (χ4v) is 4.07. The Kier molecular flexibility index (Phi) is 6.86. The van der Waals surface area contributed by atoms with Crippen LogP contribution < -0.4 is 10.1 Å². The first kappa shape index (κ1) is 23.4. The van der Waals surface area contributed by atoms with Crippen molar-refractivity contribution in [3.63, 3.8) is 0 Å². The Morgan fingerprint density at radius 3 is 2.56 bits per heavy atom. The van der Waals surface area contributed by atoms with Gasteiger partial charge in [-0.3, -0.25) is 9.69 Å². The molecule has 5 rings (SSSR count). The third-order valence-electron chi connectivity index (χ3n) is 5.71. The molecule has 3 aromatic rings. The van der Waals surface area contributed by atoms with Crippen molar-refractivity contribution in [1.29, 1.82) is 0 Å². The molecule has 0 aliphatic carbocycles. The van der Waals surface area contributed by atoms with Crippen LogP contribution in [0.4, 0.5) is 10.5 Å². The molecule has 0 fully saturated rings. The van der Waals surface area contributed by atoms with Crippen molar-refractivity contribution in [2.24, 2.45) is 4.99 Å². The number of carbonyl (C=O) groups excluding carboxylic acids is 2. The van der Waals surface area contributed by atoms with E-state index in [1.165, 1.54) is 6.26 Å². The van der Waals surface area contributed by atoms with E-state index in [0.29, 0.717) is 42.7 Å². The Hall–Kier alpha value is -4.30. The maximum absolute atomic E-state index is 13.0. The smallest absolute Gasteiger partial charge is 0.348 e. The number of halogens is 1. The highest BCUT2D eigenvalue weighted by Gasteiger charge is 2.33. The Balaban J connectivity index is 1.18. The first-order valence-electron chi connectivity index (χ1n) is 11.4. The van der Waals surface area contributed by atoms with E-state index in [2.05, 4.69) is 10.3 Å². The van der Waals surface area contributed by atoms with Crippen LogP contribution in [0.2, 0.25) is 5.02 Å². The van der Waals surface area contributed by atoms with Crippen LogP contribution >= 0.6 is 11.6 Å². The highest BCUT2D eigenvalue weighted by atomic mass is 35.5. The van der Waals surface area contributed by atoms with Crippen molar-refractivity contribution in [1.82, 2.24) is 9.80 Å². The number of aliphatic imine (C=N–C) groups is 1. The van der Waals surface area contributed by atoms with Crippen LogP contribution in [-0.2, 0) is 22.7 Å². The summed E-state index contributed by atoms with van der Waals surface area (Å²) in [6, 6.07) is 24.0. The molecular weight excluding hydrogens is 480 g/mol. The molecule has 8 nitrogen and oxygen atoms in total. The first-order chi connectivity index (χ1) is 17.5. The summed E-state index contributed by atoms with van der Waals surface area (Å²) in [6.45, 7) is 1.53. The molecule has 0 atom stereocenters. The van der Waals surface area contributed by atoms with Crippen LogP contribution in [0.5, 0.6) is 5.75 Å². The van der Waals surface area contributed by atoms with E-state index in [1.807, 2.05) is 42.5 Å². The fraction of sp³-hybridized carbons (Fsp3) is 0.148. The molecule has 0 saturated heterocycles. The molecule has 182 valence electrons. The van der Waals surface area contributed by atoms with Gasteiger partial charge in [-0.2, -0.15) is 0 Å². The number of anilines is 1. The zero-order valence-electron chi connectivity index (χ0n) is 19.3. The molecule has 0 unspecified atom stereocenters. The molecular formula is C27H23ClN4O4. The quantitative estimate of drug-likeness (QED) is 0.490. The number of hydrogen-bond acceptors (Lipinski definition) is 5. The SMILES string of the molecule is O=C(Nc1ccc(OCc2ccccc2)cc1)C1=COC2=NC(=O)N(Cc3cccc(Cl)c3)CCN12. The first-order valence-corrected chi connectivity index (χ1v) is 11.8. The van der Waals surface area contributed by atoms with E-state index in [-0.39, 0.29) is 17.6 Å². The number of rotatable bonds is 7. The van der Waals surface area contributed by atoms with Crippen molar-refractivity contribution < 1.29 is 19.1 Å². The summed E-state index contributed by atoms with van der Waals surface area (Å²) in [5, 5.41) is 3.45. The Morgan fingerprint density at radius 2 is 1.78 bits per heavy atom. The number of amides is 3. The van der Waals surface area contributed by atoms with Gasteiger partial charge in [0, 0.05) is 30.3 Å². The third-order valence-corrected chi connectivity index (χ3v) is 5.94. The minimum Gasteiger partial charge on any atom is -0.489 e. The molecule has 0 bridgehead atoms. The lowest BCUT2D eigenvalue weighted by molar-refractivity contribution is -0.113. The van der Waals surface area contributed by atoms with Crippen molar-refractivity contribution in [2.45, 2.75) is 13.2 Å².